The van der Waals surface area contributed by atoms with Crippen LogP contribution in [0.25, 0.3) is 0 Å². The number of thiol groups is 1. The number of nitrogens with zero attached hydrogens (tertiary/aromatic N) is 2. The lowest BCUT2D eigenvalue weighted by Gasteiger charge is -2.29. The fourth-order valence-electron chi connectivity index (χ4n) is 3.85. The molecular formula is C18H25N3OS. The summed E-state index contributed by atoms with van der Waals surface area (Å²) in [7, 11) is 1.70. The normalized spacial score (nSPS) is 25.7. The molecule has 1 aliphatic carbocycles. The van der Waals surface area contributed by atoms with Crippen molar-refractivity contribution in [2.45, 2.75) is 55.4 Å². The summed E-state index contributed by atoms with van der Waals surface area (Å²) < 4.78 is 0. The van der Waals surface area contributed by atoms with Crippen LogP contribution in [-0.2, 0) is 10.3 Å². The van der Waals surface area contributed by atoms with E-state index in [-0.39, 0.29) is 5.91 Å². The van der Waals surface area contributed by atoms with E-state index in [1.807, 2.05) is 24.3 Å². The van der Waals surface area contributed by atoms with Crippen molar-refractivity contribution >= 4 is 24.5 Å². The maximum Gasteiger partial charge on any atom is 0.261 e. The maximum atomic E-state index is 12.9. The van der Waals surface area contributed by atoms with Crippen LogP contribution in [0.2, 0.25) is 0 Å². The molecular weight excluding hydrogens is 306 g/mol. The van der Waals surface area contributed by atoms with Crippen molar-refractivity contribution < 1.29 is 4.79 Å². The summed E-state index contributed by atoms with van der Waals surface area (Å²) in [5, 5.41) is 0. The highest BCUT2D eigenvalue weighted by molar-refractivity contribution is 7.80. The van der Waals surface area contributed by atoms with Crippen molar-refractivity contribution in [1.82, 2.24) is 4.90 Å². The molecule has 1 unspecified atom stereocenters. The number of aliphatic imine (C=N–C) groups is 1. The van der Waals surface area contributed by atoms with E-state index in [4.69, 9.17) is 5.73 Å². The van der Waals surface area contributed by atoms with Gasteiger partial charge in [0.05, 0.1) is 0 Å². The van der Waals surface area contributed by atoms with Crippen LogP contribution in [0.15, 0.2) is 34.2 Å². The van der Waals surface area contributed by atoms with Crippen molar-refractivity contribution in [3.63, 3.8) is 0 Å². The van der Waals surface area contributed by atoms with Gasteiger partial charge in [0.1, 0.15) is 0 Å². The third kappa shape index (κ3) is 3.11. The Morgan fingerprint density at radius 2 is 2.09 bits per heavy atom. The highest BCUT2D eigenvalue weighted by Crippen LogP contribution is 2.40. The van der Waals surface area contributed by atoms with E-state index in [0.717, 1.165) is 23.3 Å². The molecule has 1 atom stereocenters. The van der Waals surface area contributed by atoms with Gasteiger partial charge in [-0.2, -0.15) is 0 Å². The molecule has 0 radical (unpaired) electrons. The molecule has 5 heteroatoms. The highest BCUT2D eigenvalue weighted by Gasteiger charge is 2.47. The Kier molecular flexibility index (Phi) is 4.67. The molecule has 1 aromatic carbocycles. The van der Waals surface area contributed by atoms with E-state index in [1.165, 1.54) is 37.0 Å². The molecule has 1 fully saturated rings. The van der Waals surface area contributed by atoms with Gasteiger partial charge < -0.3 is 5.73 Å². The van der Waals surface area contributed by atoms with Crippen molar-refractivity contribution in [2.75, 3.05) is 7.05 Å². The average Bonchev–Trinajstić information content (AvgIpc) is 2.79. The molecule has 1 aromatic rings. The number of nitrogens with two attached hydrogens (primary N) is 1. The van der Waals surface area contributed by atoms with Crippen LogP contribution >= 0.6 is 12.6 Å². The average molecular weight is 331 g/mol. The van der Waals surface area contributed by atoms with E-state index in [9.17, 15) is 4.79 Å². The first kappa shape index (κ1) is 16.4. The second kappa shape index (κ2) is 6.56. The standard InChI is InChI=1S/C18H25N3OS/c1-21-16(22)18(20-17(21)19,14-8-5-9-15(23)12-14)11-10-13-6-3-2-4-7-13/h5,8-9,12-13,23H,2-4,6-7,10-11H2,1H3,(H2,19,20). The largest absolute Gasteiger partial charge is 0.369 e. The number of likely N-dealkylation sites (N-methyl/N-ethyl adjacent to an activating group) is 1. The Morgan fingerprint density at radius 3 is 2.70 bits per heavy atom. The monoisotopic (exact) mass is 331 g/mol. The number of guanidine groups is 1. The lowest BCUT2D eigenvalue weighted by Crippen LogP contribution is -2.40. The minimum atomic E-state index is -0.866. The van der Waals surface area contributed by atoms with Crippen LogP contribution in [0.1, 0.15) is 50.5 Å². The van der Waals surface area contributed by atoms with Gasteiger partial charge in [-0.15, -0.1) is 12.6 Å². The van der Waals surface area contributed by atoms with Crippen molar-refractivity contribution in [1.29, 1.82) is 0 Å². The number of hydrogen-bond donors (Lipinski definition) is 2. The van der Waals surface area contributed by atoms with Gasteiger partial charge >= 0.3 is 0 Å². The number of carbonyl (C=O) groups excluding carboxylic acids is 1. The SMILES string of the molecule is CN1C(=O)C(CCC2CCCCC2)(c2cccc(S)c2)N=C1N. The van der Waals surface area contributed by atoms with Gasteiger partial charge in [0, 0.05) is 11.9 Å². The molecule has 0 aromatic heterocycles. The Morgan fingerprint density at radius 1 is 1.35 bits per heavy atom. The number of carbonyl (C=O) groups is 1. The Labute approximate surface area is 143 Å². The third-order valence-electron chi connectivity index (χ3n) is 5.27. The zero-order chi connectivity index (χ0) is 16.4. The fraction of sp³-hybridized carbons (Fsp3) is 0.556. The summed E-state index contributed by atoms with van der Waals surface area (Å²) in [6.07, 6.45) is 8.24. The van der Waals surface area contributed by atoms with Gasteiger partial charge in [0.2, 0.25) is 0 Å². The molecule has 124 valence electrons. The Hall–Kier alpha value is -1.49. The molecule has 2 aliphatic rings. The van der Waals surface area contributed by atoms with Crippen LogP contribution in [0.3, 0.4) is 0 Å². The lowest BCUT2D eigenvalue weighted by atomic mass is 9.79. The van der Waals surface area contributed by atoms with Crippen molar-refractivity contribution in [2.24, 2.45) is 16.6 Å². The van der Waals surface area contributed by atoms with Gasteiger partial charge in [-0.05, 0) is 36.5 Å². The first-order chi connectivity index (χ1) is 11.0. The molecule has 23 heavy (non-hydrogen) atoms. The summed E-state index contributed by atoms with van der Waals surface area (Å²) in [4.78, 5) is 19.9. The molecule has 2 N–H and O–H groups in total. The van der Waals surface area contributed by atoms with Crippen LogP contribution < -0.4 is 5.73 Å². The smallest absolute Gasteiger partial charge is 0.261 e. The van der Waals surface area contributed by atoms with E-state index >= 15 is 0 Å². The summed E-state index contributed by atoms with van der Waals surface area (Å²) in [6, 6.07) is 7.75. The molecule has 4 nitrogen and oxygen atoms in total. The highest BCUT2D eigenvalue weighted by atomic mass is 32.1. The number of hydrogen-bond acceptors (Lipinski definition) is 4. The minimum Gasteiger partial charge on any atom is -0.369 e. The molecule has 0 saturated heterocycles. The summed E-state index contributed by atoms with van der Waals surface area (Å²) in [5.41, 5.74) is 6.00. The Balaban J connectivity index is 1.89. The first-order valence-corrected chi connectivity index (χ1v) is 8.90. The van der Waals surface area contributed by atoms with Crippen LogP contribution in [0.4, 0.5) is 0 Å². The third-order valence-corrected chi connectivity index (χ3v) is 5.55. The van der Waals surface area contributed by atoms with Crippen LogP contribution in [-0.4, -0.2) is 23.8 Å². The van der Waals surface area contributed by atoms with E-state index < -0.39 is 5.54 Å². The van der Waals surface area contributed by atoms with E-state index in [1.54, 1.807) is 7.05 Å². The number of rotatable bonds is 4. The maximum absolute atomic E-state index is 12.9. The first-order valence-electron chi connectivity index (χ1n) is 8.46. The van der Waals surface area contributed by atoms with Gasteiger partial charge in [-0.1, -0.05) is 44.2 Å². The van der Waals surface area contributed by atoms with Crippen LogP contribution in [0, 0.1) is 5.92 Å². The van der Waals surface area contributed by atoms with E-state index in [0.29, 0.717) is 11.9 Å². The number of benzene rings is 1. The van der Waals surface area contributed by atoms with Gasteiger partial charge in [0.15, 0.2) is 11.5 Å². The fourth-order valence-corrected chi connectivity index (χ4v) is 4.07. The molecule has 1 saturated carbocycles. The summed E-state index contributed by atoms with van der Waals surface area (Å²) >= 11 is 4.42. The summed E-state index contributed by atoms with van der Waals surface area (Å²) in [5.74, 6) is 0.989. The molecule has 0 spiro atoms. The molecule has 0 bridgehead atoms. The van der Waals surface area contributed by atoms with Crippen LogP contribution in [0.5, 0.6) is 0 Å². The van der Waals surface area contributed by atoms with Gasteiger partial charge in [0.25, 0.3) is 5.91 Å². The second-order valence-electron chi connectivity index (χ2n) is 6.79. The zero-order valence-electron chi connectivity index (χ0n) is 13.7. The molecule has 1 heterocycles. The van der Waals surface area contributed by atoms with Gasteiger partial charge in [-0.25, -0.2) is 4.99 Å². The lowest BCUT2D eigenvalue weighted by molar-refractivity contribution is -0.131. The minimum absolute atomic E-state index is 0.0234. The Bertz CT molecular complexity index is 624. The topological polar surface area (TPSA) is 58.7 Å². The predicted molar refractivity (Wildman–Crippen MR) is 95.6 cm³/mol. The van der Waals surface area contributed by atoms with Crippen molar-refractivity contribution in [3.8, 4) is 0 Å². The van der Waals surface area contributed by atoms with Crippen molar-refractivity contribution in [3.05, 3.63) is 29.8 Å². The van der Waals surface area contributed by atoms with E-state index in [2.05, 4.69) is 17.6 Å². The predicted octanol–water partition coefficient (Wildman–Crippen LogP) is 3.32. The summed E-state index contributed by atoms with van der Waals surface area (Å²) in [6.45, 7) is 0. The zero-order valence-corrected chi connectivity index (χ0v) is 14.6. The molecule has 1 aliphatic heterocycles. The quantitative estimate of drug-likeness (QED) is 0.832. The second-order valence-corrected chi connectivity index (χ2v) is 7.30. The molecule has 3 rings (SSSR count). The number of amides is 1. The molecule has 1 amide bonds. The van der Waals surface area contributed by atoms with Gasteiger partial charge in [-0.3, -0.25) is 9.69 Å².